The maximum Gasteiger partial charge on any atom is 0.189 e. The number of benzene rings is 1. The SMILES string of the molecule is O=C(/C=C1\NCCN1CCO)c1ccc(Cl)cc1. The number of ketones is 1. The predicted octanol–water partition coefficient (Wildman–Crippen LogP) is 1.26. The fraction of sp³-hybridized carbons (Fsp3) is 0.308. The first-order valence-electron chi connectivity index (χ1n) is 5.82. The Balaban J connectivity index is 2.12. The number of β-amino-alcohol motifs (C(OH)–C–C–N with tert-alkyl or cyclic N) is 1. The van der Waals surface area contributed by atoms with Gasteiger partial charge in [0.15, 0.2) is 5.78 Å². The van der Waals surface area contributed by atoms with E-state index < -0.39 is 0 Å². The fourth-order valence-electron chi connectivity index (χ4n) is 1.87. The van der Waals surface area contributed by atoms with Crippen molar-refractivity contribution in [3.05, 3.63) is 46.7 Å². The van der Waals surface area contributed by atoms with E-state index in [0.29, 0.717) is 17.1 Å². The molecule has 0 saturated carbocycles. The summed E-state index contributed by atoms with van der Waals surface area (Å²) in [7, 11) is 0. The molecule has 1 aliphatic heterocycles. The van der Waals surface area contributed by atoms with Gasteiger partial charge >= 0.3 is 0 Å². The van der Waals surface area contributed by atoms with Crippen molar-refractivity contribution in [3.63, 3.8) is 0 Å². The van der Waals surface area contributed by atoms with E-state index in [1.54, 1.807) is 30.3 Å². The molecular formula is C13H15ClN2O2. The summed E-state index contributed by atoms with van der Waals surface area (Å²) < 4.78 is 0. The lowest BCUT2D eigenvalue weighted by Gasteiger charge is -2.16. The minimum Gasteiger partial charge on any atom is -0.395 e. The molecule has 0 amide bonds. The van der Waals surface area contributed by atoms with Gasteiger partial charge in [-0.1, -0.05) is 11.6 Å². The Labute approximate surface area is 111 Å². The monoisotopic (exact) mass is 266 g/mol. The molecule has 96 valence electrons. The first-order valence-corrected chi connectivity index (χ1v) is 6.20. The smallest absolute Gasteiger partial charge is 0.189 e. The molecule has 1 aliphatic rings. The molecule has 0 atom stereocenters. The lowest BCUT2D eigenvalue weighted by molar-refractivity contribution is 0.104. The number of allylic oxidation sites excluding steroid dienone is 1. The van der Waals surface area contributed by atoms with Gasteiger partial charge in [-0.3, -0.25) is 4.79 Å². The van der Waals surface area contributed by atoms with Gasteiger partial charge < -0.3 is 15.3 Å². The van der Waals surface area contributed by atoms with Gasteiger partial charge in [0.2, 0.25) is 0 Å². The number of hydrogen-bond donors (Lipinski definition) is 2. The zero-order valence-corrected chi connectivity index (χ0v) is 10.7. The maximum atomic E-state index is 12.0. The Morgan fingerprint density at radius 1 is 1.44 bits per heavy atom. The maximum absolute atomic E-state index is 12.0. The summed E-state index contributed by atoms with van der Waals surface area (Å²) >= 11 is 5.78. The third-order valence-corrected chi connectivity index (χ3v) is 3.05. The van der Waals surface area contributed by atoms with E-state index in [-0.39, 0.29) is 12.4 Å². The third kappa shape index (κ3) is 3.03. The van der Waals surface area contributed by atoms with E-state index in [4.69, 9.17) is 16.7 Å². The molecule has 1 aromatic rings. The van der Waals surface area contributed by atoms with Crippen molar-refractivity contribution in [2.75, 3.05) is 26.2 Å². The van der Waals surface area contributed by atoms with E-state index in [9.17, 15) is 4.79 Å². The molecule has 0 aromatic heterocycles. The number of hydrogen-bond acceptors (Lipinski definition) is 4. The molecule has 1 saturated heterocycles. The highest BCUT2D eigenvalue weighted by atomic mass is 35.5. The molecule has 5 heteroatoms. The predicted molar refractivity (Wildman–Crippen MR) is 70.5 cm³/mol. The number of nitrogens with zero attached hydrogens (tertiary/aromatic N) is 1. The molecule has 0 aliphatic carbocycles. The number of carbonyl (C=O) groups excluding carboxylic acids is 1. The highest BCUT2D eigenvalue weighted by Crippen LogP contribution is 2.12. The van der Waals surface area contributed by atoms with Crippen LogP contribution >= 0.6 is 11.6 Å². The summed E-state index contributed by atoms with van der Waals surface area (Å²) in [6.45, 7) is 2.21. The number of rotatable bonds is 4. The molecule has 2 N–H and O–H groups in total. The van der Waals surface area contributed by atoms with Gasteiger partial charge in [0.25, 0.3) is 0 Å². The minimum atomic E-state index is -0.0704. The summed E-state index contributed by atoms with van der Waals surface area (Å²) in [6.07, 6.45) is 1.56. The van der Waals surface area contributed by atoms with Crippen molar-refractivity contribution in [2.45, 2.75) is 0 Å². The molecule has 18 heavy (non-hydrogen) atoms. The van der Waals surface area contributed by atoms with Crippen LogP contribution in [0.1, 0.15) is 10.4 Å². The lowest BCUT2D eigenvalue weighted by Crippen LogP contribution is -2.24. The Morgan fingerprint density at radius 2 is 2.17 bits per heavy atom. The van der Waals surface area contributed by atoms with Gasteiger partial charge in [-0.2, -0.15) is 0 Å². The molecule has 2 rings (SSSR count). The highest BCUT2D eigenvalue weighted by molar-refractivity contribution is 6.30. The standard InChI is InChI=1S/C13H15ClN2O2/c14-11-3-1-10(2-4-11)12(18)9-13-15-5-6-16(13)7-8-17/h1-4,9,15,17H,5-8H2/b13-9+. The van der Waals surface area contributed by atoms with Gasteiger partial charge in [0, 0.05) is 36.3 Å². The first kappa shape index (κ1) is 12.9. The van der Waals surface area contributed by atoms with Crippen LogP contribution in [0.2, 0.25) is 5.02 Å². The van der Waals surface area contributed by atoms with Gasteiger partial charge in [0.05, 0.1) is 6.61 Å². The third-order valence-electron chi connectivity index (χ3n) is 2.79. The Hall–Kier alpha value is -1.52. The van der Waals surface area contributed by atoms with Crippen LogP contribution in [0, 0.1) is 0 Å². The number of aliphatic hydroxyl groups is 1. The second kappa shape index (κ2) is 5.89. The first-order chi connectivity index (χ1) is 8.70. The van der Waals surface area contributed by atoms with Crippen LogP contribution < -0.4 is 5.32 Å². The molecule has 4 nitrogen and oxygen atoms in total. The average molecular weight is 267 g/mol. The van der Waals surface area contributed by atoms with Gasteiger partial charge in [-0.05, 0) is 24.3 Å². The van der Waals surface area contributed by atoms with Crippen LogP contribution in [0.4, 0.5) is 0 Å². The van der Waals surface area contributed by atoms with Crippen molar-refractivity contribution in [2.24, 2.45) is 0 Å². The summed E-state index contributed by atoms with van der Waals surface area (Å²) in [5.41, 5.74) is 0.601. The second-order valence-electron chi connectivity index (χ2n) is 4.04. The molecular weight excluding hydrogens is 252 g/mol. The van der Waals surface area contributed by atoms with Gasteiger partial charge in [-0.15, -0.1) is 0 Å². The molecule has 0 unspecified atom stereocenters. The fourth-order valence-corrected chi connectivity index (χ4v) is 1.99. The van der Waals surface area contributed by atoms with Gasteiger partial charge in [0.1, 0.15) is 5.82 Å². The molecule has 1 aromatic carbocycles. The summed E-state index contributed by atoms with van der Waals surface area (Å²) in [5.74, 6) is 0.697. The molecule has 0 bridgehead atoms. The number of halogens is 1. The Morgan fingerprint density at radius 3 is 2.83 bits per heavy atom. The van der Waals surface area contributed by atoms with Crippen LogP contribution in [0.25, 0.3) is 0 Å². The van der Waals surface area contributed by atoms with E-state index in [1.165, 1.54) is 0 Å². The molecule has 0 spiro atoms. The summed E-state index contributed by atoms with van der Waals surface area (Å²) in [5, 5.41) is 12.7. The lowest BCUT2D eigenvalue weighted by atomic mass is 10.1. The second-order valence-corrected chi connectivity index (χ2v) is 4.47. The molecule has 0 radical (unpaired) electrons. The van der Waals surface area contributed by atoms with Gasteiger partial charge in [-0.25, -0.2) is 0 Å². The van der Waals surface area contributed by atoms with Crippen LogP contribution in [-0.2, 0) is 0 Å². The average Bonchev–Trinajstić information content (AvgIpc) is 2.78. The minimum absolute atomic E-state index is 0.0704. The van der Waals surface area contributed by atoms with Crippen LogP contribution in [0.15, 0.2) is 36.2 Å². The Kier molecular flexibility index (Phi) is 4.23. The topological polar surface area (TPSA) is 52.6 Å². The molecule has 1 fully saturated rings. The summed E-state index contributed by atoms with van der Waals surface area (Å²) in [4.78, 5) is 14.0. The van der Waals surface area contributed by atoms with E-state index >= 15 is 0 Å². The van der Waals surface area contributed by atoms with Crippen LogP contribution in [0.3, 0.4) is 0 Å². The van der Waals surface area contributed by atoms with E-state index in [1.807, 2.05) is 4.90 Å². The van der Waals surface area contributed by atoms with Crippen molar-refractivity contribution in [3.8, 4) is 0 Å². The largest absolute Gasteiger partial charge is 0.395 e. The highest BCUT2D eigenvalue weighted by Gasteiger charge is 2.16. The normalized spacial score (nSPS) is 17.0. The number of aliphatic hydroxyl groups excluding tert-OH is 1. The van der Waals surface area contributed by atoms with Crippen molar-refractivity contribution < 1.29 is 9.90 Å². The quantitative estimate of drug-likeness (QED) is 0.636. The number of carbonyl (C=O) groups is 1. The summed E-state index contributed by atoms with van der Waals surface area (Å²) in [6, 6.07) is 6.79. The zero-order chi connectivity index (χ0) is 13.0. The molecule has 1 heterocycles. The Bertz CT molecular complexity index is 457. The van der Waals surface area contributed by atoms with Crippen molar-refractivity contribution >= 4 is 17.4 Å². The van der Waals surface area contributed by atoms with Crippen LogP contribution in [-0.4, -0.2) is 42.0 Å². The van der Waals surface area contributed by atoms with E-state index in [0.717, 1.165) is 18.9 Å². The van der Waals surface area contributed by atoms with Crippen molar-refractivity contribution in [1.82, 2.24) is 10.2 Å². The number of nitrogens with one attached hydrogen (secondary N) is 1. The zero-order valence-electron chi connectivity index (χ0n) is 9.90. The van der Waals surface area contributed by atoms with E-state index in [2.05, 4.69) is 5.32 Å². The van der Waals surface area contributed by atoms with Crippen LogP contribution in [0.5, 0.6) is 0 Å². The van der Waals surface area contributed by atoms with Crippen molar-refractivity contribution in [1.29, 1.82) is 0 Å².